The van der Waals surface area contributed by atoms with Gasteiger partial charge < -0.3 is 19.8 Å². The van der Waals surface area contributed by atoms with Gasteiger partial charge in [-0.2, -0.15) is 0 Å². The Morgan fingerprint density at radius 1 is 1.39 bits per heavy atom. The van der Waals surface area contributed by atoms with Gasteiger partial charge in [0.25, 0.3) is 5.91 Å². The normalized spacial score (nSPS) is 20.9. The van der Waals surface area contributed by atoms with Crippen LogP contribution in [-0.2, 0) is 4.79 Å². The summed E-state index contributed by atoms with van der Waals surface area (Å²) in [6.07, 6.45) is 0.913. The number of amides is 1. The zero-order valence-corrected chi connectivity index (χ0v) is 13.1. The van der Waals surface area contributed by atoms with Gasteiger partial charge in [0.15, 0.2) is 6.61 Å². The molecule has 0 saturated carbocycles. The molecular formula is C17H20N2O4. The summed E-state index contributed by atoms with van der Waals surface area (Å²) in [6.45, 7) is 4.00. The van der Waals surface area contributed by atoms with Crippen LogP contribution in [0.1, 0.15) is 13.3 Å². The average Bonchev–Trinajstić information content (AvgIpc) is 2.95. The first-order valence-corrected chi connectivity index (χ1v) is 7.64. The number of carbonyl (C=O) groups is 1. The number of carbonyl (C=O) groups excluding carboxylic acids is 1. The summed E-state index contributed by atoms with van der Waals surface area (Å²) in [6, 6.07) is 8.23. The summed E-state index contributed by atoms with van der Waals surface area (Å²) in [4.78, 5) is 25.3. The minimum Gasteiger partial charge on any atom is -0.484 e. The third-order valence-electron chi connectivity index (χ3n) is 4.36. The molecule has 0 spiro atoms. The number of nitrogens with zero attached hydrogens (tertiary/aromatic N) is 1. The van der Waals surface area contributed by atoms with E-state index in [1.54, 1.807) is 29.2 Å². The molecule has 1 aromatic carbocycles. The highest BCUT2D eigenvalue weighted by atomic mass is 16.5. The fourth-order valence-corrected chi connectivity index (χ4v) is 2.77. The van der Waals surface area contributed by atoms with Crippen molar-refractivity contribution in [2.75, 3.05) is 26.2 Å². The maximum atomic E-state index is 12.2. The molecule has 6 nitrogen and oxygen atoms in total. The summed E-state index contributed by atoms with van der Waals surface area (Å²) in [5, 5.41) is 0.807. The van der Waals surface area contributed by atoms with E-state index in [4.69, 9.17) is 14.9 Å². The molecule has 1 amide bonds. The number of hydrogen-bond acceptors (Lipinski definition) is 5. The lowest BCUT2D eigenvalue weighted by Crippen LogP contribution is -2.36. The summed E-state index contributed by atoms with van der Waals surface area (Å²) >= 11 is 0. The molecule has 1 aromatic heterocycles. The standard InChI is InChI=1S/C17H20N2O4/c1-17(10-18)6-7-19(11-17)15(20)9-22-13-4-2-12-3-5-16(21)23-14(12)8-13/h2-5,8H,6-7,9-11,18H2,1H3. The first-order chi connectivity index (χ1) is 11.0. The van der Waals surface area contributed by atoms with Gasteiger partial charge in [-0.25, -0.2) is 4.79 Å². The molecule has 3 rings (SSSR count). The van der Waals surface area contributed by atoms with Crippen LogP contribution in [0.5, 0.6) is 5.75 Å². The topological polar surface area (TPSA) is 85.8 Å². The molecule has 1 aliphatic heterocycles. The van der Waals surface area contributed by atoms with Crippen molar-refractivity contribution in [1.29, 1.82) is 0 Å². The van der Waals surface area contributed by atoms with Crippen LogP contribution < -0.4 is 16.1 Å². The molecule has 1 unspecified atom stereocenters. The second-order valence-electron chi connectivity index (χ2n) is 6.32. The second-order valence-corrected chi connectivity index (χ2v) is 6.32. The van der Waals surface area contributed by atoms with Crippen molar-refractivity contribution in [3.05, 3.63) is 40.8 Å². The number of likely N-dealkylation sites (tertiary alicyclic amines) is 1. The maximum absolute atomic E-state index is 12.2. The summed E-state index contributed by atoms with van der Waals surface area (Å²) in [7, 11) is 0. The first kappa shape index (κ1) is 15.6. The van der Waals surface area contributed by atoms with E-state index >= 15 is 0 Å². The van der Waals surface area contributed by atoms with Gasteiger partial charge in [-0.3, -0.25) is 4.79 Å². The largest absolute Gasteiger partial charge is 0.484 e. The van der Waals surface area contributed by atoms with Crippen LogP contribution in [0.15, 0.2) is 39.5 Å². The van der Waals surface area contributed by atoms with E-state index in [0.29, 0.717) is 31.0 Å². The Morgan fingerprint density at radius 2 is 2.17 bits per heavy atom. The Balaban J connectivity index is 1.64. The molecule has 6 heteroatoms. The van der Waals surface area contributed by atoms with Crippen LogP contribution in [0.3, 0.4) is 0 Å². The van der Waals surface area contributed by atoms with E-state index in [-0.39, 0.29) is 17.9 Å². The summed E-state index contributed by atoms with van der Waals surface area (Å²) in [5.74, 6) is 0.442. The van der Waals surface area contributed by atoms with Gasteiger partial charge in [0, 0.05) is 30.6 Å². The lowest BCUT2D eigenvalue weighted by molar-refractivity contribution is -0.132. The van der Waals surface area contributed by atoms with E-state index in [1.807, 2.05) is 0 Å². The Bertz CT molecular complexity index is 786. The van der Waals surface area contributed by atoms with Crippen molar-refractivity contribution in [2.45, 2.75) is 13.3 Å². The number of rotatable bonds is 4. The highest BCUT2D eigenvalue weighted by Gasteiger charge is 2.34. The van der Waals surface area contributed by atoms with Gasteiger partial charge in [-0.05, 0) is 36.6 Å². The SMILES string of the molecule is CC1(CN)CCN(C(=O)COc2ccc3ccc(=O)oc3c2)C1. The number of ether oxygens (including phenoxy) is 1. The molecule has 2 N–H and O–H groups in total. The highest BCUT2D eigenvalue weighted by Crippen LogP contribution is 2.28. The fourth-order valence-electron chi connectivity index (χ4n) is 2.77. The van der Waals surface area contributed by atoms with E-state index in [9.17, 15) is 9.59 Å². The van der Waals surface area contributed by atoms with Crippen LogP contribution in [0, 0.1) is 5.41 Å². The Kier molecular flexibility index (Phi) is 4.09. The Labute approximate surface area is 133 Å². The quantitative estimate of drug-likeness (QED) is 0.861. The van der Waals surface area contributed by atoms with E-state index in [0.717, 1.165) is 11.8 Å². The van der Waals surface area contributed by atoms with Crippen molar-refractivity contribution < 1.29 is 13.9 Å². The van der Waals surface area contributed by atoms with Crippen LogP contribution >= 0.6 is 0 Å². The molecule has 122 valence electrons. The molecule has 2 aromatic rings. The zero-order chi connectivity index (χ0) is 16.4. The van der Waals surface area contributed by atoms with E-state index in [1.165, 1.54) is 6.07 Å². The predicted molar refractivity (Wildman–Crippen MR) is 86.3 cm³/mol. The Hall–Kier alpha value is -2.34. The van der Waals surface area contributed by atoms with Crippen molar-refractivity contribution >= 4 is 16.9 Å². The van der Waals surface area contributed by atoms with Crippen LogP contribution in [-0.4, -0.2) is 37.0 Å². The van der Waals surface area contributed by atoms with Crippen molar-refractivity contribution in [1.82, 2.24) is 4.90 Å². The van der Waals surface area contributed by atoms with Gasteiger partial charge in [0.05, 0.1) is 0 Å². The average molecular weight is 316 g/mol. The van der Waals surface area contributed by atoms with Gasteiger partial charge in [0.2, 0.25) is 0 Å². The molecular weight excluding hydrogens is 296 g/mol. The smallest absolute Gasteiger partial charge is 0.336 e. The van der Waals surface area contributed by atoms with Crippen LogP contribution in [0.2, 0.25) is 0 Å². The maximum Gasteiger partial charge on any atom is 0.336 e. The lowest BCUT2D eigenvalue weighted by atomic mass is 9.90. The van der Waals surface area contributed by atoms with E-state index in [2.05, 4.69) is 6.92 Å². The van der Waals surface area contributed by atoms with Crippen molar-refractivity contribution in [3.8, 4) is 5.75 Å². The van der Waals surface area contributed by atoms with Crippen LogP contribution in [0.25, 0.3) is 11.0 Å². The molecule has 0 aliphatic carbocycles. The minimum absolute atomic E-state index is 0.00200. The molecule has 1 aliphatic rings. The van der Waals surface area contributed by atoms with Gasteiger partial charge in [-0.15, -0.1) is 0 Å². The molecule has 2 heterocycles. The Morgan fingerprint density at radius 3 is 2.91 bits per heavy atom. The molecule has 0 bridgehead atoms. The second kappa shape index (κ2) is 6.04. The minimum atomic E-state index is -0.413. The molecule has 1 fully saturated rings. The van der Waals surface area contributed by atoms with Crippen LogP contribution in [0.4, 0.5) is 0 Å². The van der Waals surface area contributed by atoms with Gasteiger partial charge in [0.1, 0.15) is 11.3 Å². The molecule has 1 saturated heterocycles. The predicted octanol–water partition coefficient (Wildman–Crippen LogP) is 1.37. The van der Waals surface area contributed by atoms with Gasteiger partial charge >= 0.3 is 5.63 Å². The molecule has 23 heavy (non-hydrogen) atoms. The van der Waals surface area contributed by atoms with Gasteiger partial charge in [-0.1, -0.05) is 6.92 Å². The first-order valence-electron chi connectivity index (χ1n) is 7.64. The molecule has 0 radical (unpaired) electrons. The highest BCUT2D eigenvalue weighted by molar-refractivity contribution is 5.79. The molecule has 1 atom stereocenters. The monoisotopic (exact) mass is 316 g/mol. The summed E-state index contributed by atoms with van der Waals surface area (Å²) in [5.41, 5.74) is 5.79. The van der Waals surface area contributed by atoms with Crippen molar-refractivity contribution in [3.63, 3.8) is 0 Å². The third kappa shape index (κ3) is 3.37. The van der Waals surface area contributed by atoms with Crippen molar-refractivity contribution in [2.24, 2.45) is 11.1 Å². The van der Waals surface area contributed by atoms with E-state index < -0.39 is 5.63 Å². The zero-order valence-electron chi connectivity index (χ0n) is 13.1. The number of fused-ring (bicyclic) bond motifs is 1. The number of hydrogen-bond donors (Lipinski definition) is 1. The fraction of sp³-hybridized carbons (Fsp3) is 0.412. The lowest BCUT2D eigenvalue weighted by Gasteiger charge is -2.22. The summed E-state index contributed by atoms with van der Waals surface area (Å²) < 4.78 is 10.7. The number of nitrogens with two attached hydrogens (primary N) is 1. The third-order valence-corrected chi connectivity index (χ3v) is 4.36. The number of benzene rings is 1.